The number of hydrogen-bond donors (Lipinski definition) is 2. The van der Waals surface area contributed by atoms with E-state index in [1.165, 1.54) is 0 Å². The van der Waals surface area contributed by atoms with Gasteiger partial charge in [-0.1, -0.05) is 13.8 Å². The lowest BCUT2D eigenvalue weighted by Gasteiger charge is -2.25. The zero-order valence-corrected chi connectivity index (χ0v) is 11.5. The molecule has 0 bridgehead atoms. The first kappa shape index (κ1) is 16.4. The van der Waals surface area contributed by atoms with Crippen molar-refractivity contribution in [2.75, 3.05) is 53.0 Å². The Balaban J connectivity index is 3.94. The van der Waals surface area contributed by atoms with Gasteiger partial charge in [-0.05, 0) is 13.1 Å². The van der Waals surface area contributed by atoms with Gasteiger partial charge >= 0.3 is 0 Å². The first-order chi connectivity index (χ1) is 8.13. The van der Waals surface area contributed by atoms with Crippen LogP contribution in [0.5, 0.6) is 0 Å². The molecule has 0 atom stereocenters. The zero-order valence-electron chi connectivity index (χ0n) is 11.5. The van der Waals surface area contributed by atoms with E-state index >= 15 is 0 Å². The number of nitrogens with one attached hydrogen (secondary N) is 1. The summed E-state index contributed by atoms with van der Waals surface area (Å²) in [5, 5.41) is 7.26. The summed E-state index contributed by atoms with van der Waals surface area (Å²) in [6.45, 7) is 11.1. The van der Waals surface area contributed by atoms with E-state index in [1.807, 2.05) is 0 Å². The number of amidine groups is 1. The average molecular weight is 244 g/mol. The van der Waals surface area contributed by atoms with Gasteiger partial charge in [0.1, 0.15) is 0 Å². The van der Waals surface area contributed by atoms with Gasteiger partial charge in [0, 0.05) is 39.7 Å². The molecule has 5 heteroatoms. The number of ether oxygens (including phenoxy) is 1. The summed E-state index contributed by atoms with van der Waals surface area (Å²) >= 11 is 0. The fraction of sp³-hybridized carbons (Fsp3) is 0.917. The van der Waals surface area contributed by atoms with Gasteiger partial charge in [-0.15, -0.1) is 0 Å². The van der Waals surface area contributed by atoms with Crippen molar-refractivity contribution in [3.8, 4) is 0 Å². The number of likely N-dealkylation sites (N-methyl/N-ethyl adjacent to an activating group) is 1. The Bertz CT molecular complexity index is 195. The number of hydrogen-bond acceptors (Lipinski definition) is 4. The zero-order chi connectivity index (χ0) is 13.1. The molecule has 0 aliphatic rings. The molecule has 0 heterocycles. The number of nitrogens with two attached hydrogens (primary N) is 1. The van der Waals surface area contributed by atoms with Crippen LogP contribution in [0.1, 0.15) is 20.3 Å². The minimum Gasteiger partial charge on any atom is -0.388 e. The molecule has 0 saturated carbocycles. The lowest BCUT2D eigenvalue weighted by Crippen LogP contribution is -2.38. The minimum atomic E-state index is 0.259. The first-order valence-electron chi connectivity index (χ1n) is 6.40. The van der Waals surface area contributed by atoms with E-state index in [2.05, 4.69) is 23.6 Å². The molecule has 17 heavy (non-hydrogen) atoms. The largest absolute Gasteiger partial charge is 0.388 e. The van der Waals surface area contributed by atoms with Crippen molar-refractivity contribution in [3.05, 3.63) is 0 Å². The van der Waals surface area contributed by atoms with Gasteiger partial charge in [-0.25, -0.2) is 0 Å². The quantitative estimate of drug-likeness (QED) is 0.413. The summed E-state index contributed by atoms with van der Waals surface area (Å²) in [4.78, 5) is 4.71. The van der Waals surface area contributed by atoms with Crippen LogP contribution in [0, 0.1) is 5.41 Å². The van der Waals surface area contributed by atoms with Crippen LogP contribution in [-0.4, -0.2) is 68.6 Å². The number of nitrogens with zero attached hydrogens (tertiary/aromatic N) is 2. The van der Waals surface area contributed by atoms with Crippen LogP contribution in [0.4, 0.5) is 0 Å². The molecule has 0 aromatic carbocycles. The highest BCUT2D eigenvalue weighted by molar-refractivity contribution is 5.76. The fourth-order valence-electron chi connectivity index (χ4n) is 1.66. The maximum absolute atomic E-state index is 7.26. The molecule has 102 valence electrons. The van der Waals surface area contributed by atoms with Crippen LogP contribution in [0.15, 0.2) is 0 Å². The van der Waals surface area contributed by atoms with Crippen molar-refractivity contribution >= 4 is 5.84 Å². The Morgan fingerprint density at radius 3 is 2.12 bits per heavy atom. The van der Waals surface area contributed by atoms with Crippen LogP contribution >= 0.6 is 0 Å². The van der Waals surface area contributed by atoms with Gasteiger partial charge in [0.05, 0.1) is 12.4 Å². The normalized spacial score (nSPS) is 11.4. The van der Waals surface area contributed by atoms with Crippen molar-refractivity contribution in [2.24, 2.45) is 5.73 Å². The molecule has 0 aliphatic carbocycles. The predicted molar refractivity (Wildman–Crippen MR) is 72.6 cm³/mol. The van der Waals surface area contributed by atoms with E-state index in [9.17, 15) is 0 Å². The van der Waals surface area contributed by atoms with E-state index < -0.39 is 0 Å². The summed E-state index contributed by atoms with van der Waals surface area (Å²) in [7, 11) is 1.72. The monoisotopic (exact) mass is 244 g/mol. The second kappa shape index (κ2) is 10.5. The van der Waals surface area contributed by atoms with Crippen LogP contribution < -0.4 is 5.73 Å². The van der Waals surface area contributed by atoms with E-state index in [0.29, 0.717) is 6.42 Å². The topological polar surface area (TPSA) is 65.6 Å². The fourth-order valence-corrected chi connectivity index (χ4v) is 1.66. The standard InChI is InChI=1S/C12H28N4O/c1-4-15(5-2)8-9-16(10-11-17-3)7-6-12(13)14/h4-11H2,1-3H3,(H3,13,14). The third-order valence-electron chi connectivity index (χ3n) is 2.94. The summed E-state index contributed by atoms with van der Waals surface area (Å²) in [6, 6.07) is 0. The summed E-state index contributed by atoms with van der Waals surface area (Å²) in [6.07, 6.45) is 0.641. The van der Waals surface area contributed by atoms with Gasteiger partial charge in [-0.2, -0.15) is 0 Å². The summed E-state index contributed by atoms with van der Waals surface area (Å²) in [5.41, 5.74) is 5.39. The second-order valence-corrected chi connectivity index (χ2v) is 4.14. The van der Waals surface area contributed by atoms with Gasteiger partial charge in [0.2, 0.25) is 0 Å². The summed E-state index contributed by atoms with van der Waals surface area (Å²) < 4.78 is 5.10. The molecule has 0 rings (SSSR count). The molecule has 0 aromatic heterocycles. The Kier molecular flexibility index (Phi) is 10.1. The van der Waals surface area contributed by atoms with Crippen LogP contribution in [0.2, 0.25) is 0 Å². The van der Waals surface area contributed by atoms with E-state index in [0.717, 1.165) is 45.9 Å². The van der Waals surface area contributed by atoms with E-state index in [-0.39, 0.29) is 5.84 Å². The third-order valence-corrected chi connectivity index (χ3v) is 2.94. The molecule has 0 saturated heterocycles. The van der Waals surface area contributed by atoms with Crippen molar-refractivity contribution in [3.63, 3.8) is 0 Å². The molecule has 3 N–H and O–H groups in total. The van der Waals surface area contributed by atoms with Gasteiger partial charge in [0.25, 0.3) is 0 Å². The molecule has 0 unspecified atom stereocenters. The molecule has 0 fully saturated rings. The van der Waals surface area contributed by atoms with E-state index in [4.69, 9.17) is 15.9 Å². The Labute approximate surface area is 105 Å². The van der Waals surface area contributed by atoms with Gasteiger partial charge in [0.15, 0.2) is 0 Å². The van der Waals surface area contributed by atoms with Crippen molar-refractivity contribution in [1.29, 1.82) is 5.41 Å². The second-order valence-electron chi connectivity index (χ2n) is 4.14. The first-order valence-corrected chi connectivity index (χ1v) is 6.40. The molecule has 0 spiro atoms. The molecular formula is C12H28N4O. The molecule has 0 aliphatic heterocycles. The lowest BCUT2D eigenvalue weighted by molar-refractivity contribution is 0.139. The van der Waals surface area contributed by atoms with Crippen molar-refractivity contribution in [2.45, 2.75) is 20.3 Å². The highest BCUT2D eigenvalue weighted by Crippen LogP contribution is 1.95. The number of methoxy groups -OCH3 is 1. The molecule has 0 radical (unpaired) electrons. The predicted octanol–water partition coefficient (Wildman–Crippen LogP) is 0.603. The smallest absolute Gasteiger partial charge is 0.0918 e. The molecule has 0 aromatic rings. The number of rotatable bonds is 11. The third kappa shape index (κ3) is 9.09. The highest BCUT2D eigenvalue weighted by Gasteiger charge is 2.07. The van der Waals surface area contributed by atoms with Crippen LogP contribution in [0.3, 0.4) is 0 Å². The Hall–Kier alpha value is -0.650. The maximum Gasteiger partial charge on any atom is 0.0918 e. The highest BCUT2D eigenvalue weighted by atomic mass is 16.5. The Morgan fingerprint density at radius 2 is 1.65 bits per heavy atom. The van der Waals surface area contributed by atoms with Crippen LogP contribution in [0.25, 0.3) is 0 Å². The van der Waals surface area contributed by atoms with Crippen LogP contribution in [-0.2, 0) is 4.74 Å². The summed E-state index contributed by atoms with van der Waals surface area (Å²) in [5.74, 6) is 0.259. The van der Waals surface area contributed by atoms with Crippen molar-refractivity contribution in [1.82, 2.24) is 9.80 Å². The SMILES string of the molecule is CCN(CC)CCN(CCOC)CCC(=N)N. The van der Waals surface area contributed by atoms with E-state index in [1.54, 1.807) is 7.11 Å². The molecule has 5 nitrogen and oxygen atoms in total. The van der Waals surface area contributed by atoms with Gasteiger partial charge in [-0.3, -0.25) is 10.3 Å². The van der Waals surface area contributed by atoms with Gasteiger partial charge < -0.3 is 15.4 Å². The average Bonchev–Trinajstić information content (AvgIpc) is 2.32. The molecule has 0 amide bonds. The lowest BCUT2D eigenvalue weighted by atomic mass is 10.3. The molecular weight excluding hydrogens is 216 g/mol. The minimum absolute atomic E-state index is 0.259. The maximum atomic E-state index is 7.26. The van der Waals surface area contributed by atoms with Crippen molar-refractivity contribution < 1.29 is 4.74 Å². The Morgan fingerprint density at radius 1 is 1.06 bits per heavy atom.